The van der Waals surface area contributed by atoms with Crippen LogP contribution in [0.4, 0.5) is 10.7 Å². The lowest BCUT2D eigenvalue weighted by atomic mass is 9.97. The van der Waals surface area contributed by atoms with Crippen LogP contribution in [0.3, 0.4) is 0 Å². The van der Waals surface area contributed by atoms with Gasteiger partial charge < -0.3 is 15.5 Å². The predicted octanol–water partition coefficient (Wildman–Crippen LogP) is 3.26. The number of nitrogens with one attached hydrogen (secondary N) is 2. The van der Waals surface area contributed by atoms with Crippen molar-refractivity contribution < 1.29 is 4.79 Å². The lowest BCUT2D eigenvalue weighted by Gasteiger charge is -2.32. The van der Waals surface area contributed by atoms with Crippen molar-refractivity contribution in [1.29, 1.82) is 0 Å². The van der Waals surface area contributed by atoms with Crippen molar-refractivity contribution in [3.05, 3.63) is 53.3 Å². The number of fused-ring (bicyclic) bond motifs is 1. The highest BCUT2D eigenvalue weighted by molar-refractivity contribution is 5.76. The van der Waals surface area contributed by atoms with E-state index in [1.807, 2.05) is 69.1 Å². The van der Waals surface area contributed by atoms with Gasteiger partial charge in [-0.05, 0) is 33.3 Å². The lowest BCUT2D eigenvalue weighted by Crippen LogP contribution is -2.45. The summed E-state index contributed by atoms with van der Waals surface area (Å²) in [7, 11) is 0. The van der Waals surface area contributed by atoms with Gasteiger partial charge in [0.2, 0.25) is 5.95 Å². The molecule has 132 valence electrons. The summed E-state index contributed by atoms with van der Waals surface area (Å²) in [6, 6.07) is 10.1. The molecule has 1 aromatic carbocycles. The van der Waals surface area contributed by atoms with E-state index < -0.39 is 5.54 Å². The van der Waals surface area contributed by atoms with Crippen LogP contribution in [-0.2, 0) is 18.6 Å². The van der Waals surface area contributed by atoms with Crippen LogP contribution in [0.2, 0.25) is 0 Å². The van der Waals surface area contributed by atoms with Crippen molar-refractivity contribution in [3.63, 3.8) is 0 Å². The molecule has 1 aromatic heterocycles. The molecule has 2 heterocycles. The van der Waals surface area contributed by atoms with Crippen molar-refractivity contribution in [1.82, 2.24) is 20.2 Å². The van der Waals surface area contributed by atoms with E-state index in [4.69, 9.17) is 0 Å². The zero-order valence-electron chi connectivity index (χ0n) is 15.2. The van der Waals surface area contributed by atoms with Crippen LogP contribution in [0.1, 0.15) is 44.5 Å². The first-order chi connectivity index (χ1) is 11.9. The third-order valence-electron chi connectivity index (χ3n) is 4.46. The standard InChI is InChI=1S/C19H25N5O/c1-13(2)22-17-20-11-15-16(23-17)12-24(19(15,3)4)18(25)21-10-14-8-6-5-7-9-14/h5-9,11,13H,10,12H2,1-4H3,(H,21,25)(H,20,22,23). The maximum Gasteiger partial charge on any atom is 0.318 e. The summed E-state index contributed by atoms with van der Waals surface area (Å²) < 4.78 is 0. The maximum atomic E-state index is 12.7. The van der Waals surface area contributed by atoms with Crippen LogP contribution in [0.5, 0.6) is 0 Å². The molecule has 0 fully saturated rings. The Morgan fingerprint density at radius 1 is 1.28 bits per heavy atom. The Morgan fingerprint density at radius 2 is 2.00 bits per heavy atom. The summed E-state index contributed by atoms with van der Waals surface area (Å²) in [5, 5.41) is 6.21. The van der Waals surface area contributed by atoms with E-state index in [1.165, 1.54) is 0 Å². The fraction of sp³-hybridized carbons (Fsp3) is 0.421. The van der Waals surface area contributed by atoms with Crippen molar-refractivity contribution in [2.24, 2.45) is 0 Å². The minimum absolute atomic E-state index is 0.0924. The van der Waals surface area contributed by atoms with Gasteiger partial charge in [-0.2, -0.15) is 0 Å². The number of urea groups is 1. The zero-order chi connectivity index (χ0) is 18.0. The molecule has 0 saturated heterocycles. The summed E-state index contributed by atoms with van der Waals surface area (Å²) in [5.74, 6) is 0.607. The first-order valence-corrected chi connectivity index (χ1v) is 8.60. The van der Waals surface area contributed by atoms with E-state index in [-0.39, 0.29) is 12.1 Å². The Morgan fingerprint density at radius 3 is 2.68 bits per heavy atom. The molecule has 3 rings (SSSR count). The van der Waals surface area contributed by atoms with Gasteiger partial charge in [-0.1, -0.05) is 30.3 Å². The average Bonchev–Trinajstić information content (AvgIpc) is 2.84. The molecule has 1 aliphatic rings. The highest BCUT2D eigenvalue weighted by Crippen LogP contribution is 2.37. The topological polar surface area (TPSA) is 70.2 Å². The number of aromatic nitrogens is 2. The highest BCUT2D eigenvalue weighted by atomic mass is 16.2. The van der Waals surface area contributed by atoms with Gasteiger partial charge in [-0.25, -0.2) is 14.8 Å². The van der Waals surface area contributed by atoms with Gasteiger partial charge in [0.15, 0.2) is 0 Å². The van der Waals surface area contributed by atoms with E-state index in [1.54, 1.807) is 0 Å². The minimum Gasteiger partial charge on any atom is -0.352 e. The number of rotatable bonds is 4. The Hall–Kier alpha value is -2.63. The summed E-state index contributed by atoms with van der Waals surface area (Å²) in [6.45, 7) is 9.14. The molecule has 1 aliphatic heterocycles. The van der Waals surface area contributed by atoms with E-state index >= 15 is 0 Å². The van der Waals surface area contributed by atoms with Crippen LogP contribution < -0.4 is 10.6 Å². The number of carbonyl (C=O) groups excluding carboxylic acids is 1. The molecule has 6 heteroatoms. The number of anilines is 1. The first-order valence-electron chi connectivity index (χ1n) is 8.60. The number of benzene rings is 1. The molecule has 0 bridgehead atoms. The van der Waals surface area contributed by atoms with Crippen LogP contribution in [0.15, 0.2) is 36.5 Å². The number of hydrogen-bond acceptors (Lipinski definition) is 4. The Balaban J connectivity index is 1.73. The van der Waals surface area contributed by atoms with Gasteiger partial charge >= 0.3 is 6.03 Å². The Bertz CT molecular complexity index is 758. The van der Waals surface area contributed by atoms with E-state index in [0.29, 0.717) is 19.0 Å². The summed E-state index contributed by atoms with van der Waals surface area (Å²) in [6.07, 6.45) is 1.83. The second-order valence-electron chi connectivity index (χ2n) is 7.14. The number of nitrogens with zero attached hydrogens (tertiary/aromatic N) is 3. The molecular formula is C19H25N5O. The molecule has 0 radical (unpaired) electrons. The quantitative estimate of drug-likeness (QED) is 0.897. The molecule has 2 aromatic rings. The van der Waals surface area contributed by atoms with E-state index in [9.17, 15) is 4.79 Å². The molecule has 0 atom stereocenters. The molecule has 0 saturated carbocycles. The molecule has 25 heavy (non-hydrogen) atoms. The monoisotopic (exact) mass is 339 g/mol. The van der Waals surface area contributed by atoms with Gasteiger partial charge in [-0.15, -0.1) is 0 Å². The smallest absolute Gasteiger partial charge is 0.318 e. The lowest BCUT2D eigenvalue weighted by molar-refractivity contribution is 0.144. The normalized spacial score (nSPS) is 15.2. The Kier molecular flexibility index (Phi) is 4.61. The van der Waals surface area contributed by atoms with Gasteiger partial charge in [-0.3, -0.25) is 0 Å². The van der Waals surface area contributed by atoms with Gasteiger partial charge in [0, 0.05) is 24.3 Å². The largest absolute Gasteiger partial charge is 0.352 e. The zero-order valence-corrected chi connectivity index (χ0v) is 15.2. The number of carbonyl (C=O) groups is 1. The van der Waals surface area contributed by atoms with Crippen molar-refractivity contribution in [2.45, 2.75) is 52.4 Å². The molecule has 0 aliphatic carbocycles. The fourth-order valence-electron chi connectivity index (χ4n) is 3.06. The Labute approximate surface area is 148 Å². The highest BCUT2D eigenvalue weighted by Gasteiger charge is 2.41. The van der Waals surface area contributed by atoms with Crippen LogP contribution >= 0.6 is 0 Å². The predicted molar refractivity (Wildman–Crippen MR) is 98.0 cm³/mol. The molecule has 2 N–H and O–H groups in total. The van der Waals surface area contributed by atoms with Crippen molar-refractivity contribution in [3.8, 4) is 0 Å². The van der Waals surface area contributed by atoms with Gasteiger partial charge in [0.25, 0.3) is 0 Å². The molecule has 6 nitrogen and oxygen atoms in total. The van der Waals surface area contributed by atoms with Crippen molar-refractivity contribution in [2.75, 3.05) is 5.32 Å². The minimum atomic E-state index is -0.438. The first kappa shape index (κ1) is 17.2. The van der Waals surface area contributed by atoms with E-state index in [2.05, 4.69) is 20.6 Å². The maximum absolute atomic E-state index is 12.7. The summed E-state index contributed by atoms with van der Waals surface area (Å²) >= 11 is 0. The average molecular weight is 339 g/mol. The third-order valence-corrected chi connectivity index (χ3v) is 4.46. The molecular weight excluding hydrogens is 314 g/mol. The van der Waals surface area contributed by atoms with Gasteiger partial charge in [0.05, 0.1) is 17.8 Å². The van der Waals surface area contributed by atoms with Crippen molar-refractivity contribution >= 4 is 12.0 Å². The third kappa shape index (κ3) is 3.57. The SMILES string of the molecule is CC(C)Nc1ncc2c(n1)CN(C(=O)NCc1ccccc1)C2(C)C. The molecule has 0 spiro atoms. The number of amides is 2. The fourth-order valence-corrected chi connectivity index (χ4v) is 3.06. The van der Waals surface area contributed by atoms with Gasteiger partial charge in [0.1, 0.15) is 0 Å². The number of hydrogen-bond donors (Lipinski definition) is 2. The molecule has 0 unspecified atom stereocenters. The summed E-state index contributed by atoms with van der Waals surface area (Å²) in [5.41, 5.74) is 2.54. The van der Waals surface area contributed by atoms with Crippen LogP contribution in [-0.4, -0.2) is 26.9 Å². The summed E-state index contributed by atoms with van der Waals surface area (Å²) in [4.78, 5) is 23.5. The second kappa shape index (κ2) is 6.70. The van der Waals surface area contributed by atoms with Crippen LogP contribution in [0, 0.1) is 0 Å². The molecule has 2 amide bonds. The second-order valence-corrected chi connectivity index (χ2v) is 7.14. The van der Waals surface area contributed by atoms with Crippen LogP contribution in [0.25, 0.3) is 0 Å². The van der Waals surface area contributed by atoms with E-state index in [0.717, 1.165) is 16.8 Å².